The molecule has 0 rings (SSSR count). The molecule has 0 aliphatic rings. The van der Waals surface area contributed by atoms with Crippen molar-refractivity contribution in [2.24, 2.45) is 0 Å². The monoisotopic (exact) mass is 634 g/mol. The van der Waals surface area contributed by atoms with Crippen molar-refractivity contribution in [3.63, 3.8) is 0 Å². The minimum Gasteiger partial charge on any atom is -0.463 e. The van der Waals surface area contributed by atoms with Crippen LogP contribution in [0.15, 0.2) is 12.2 Å². The zero-order chi connectivity index (χ0) is 32.1. The number of hydrogen-bond donors (Lipinski definition) is 2. The third kappa shape index (κ3) is 34.0. The maximum absolute atomic E-state index is 11.8. The first-order chi connectivity index (χ1) is 20.6. The van der Waals surface area contributed by atoms with Gasteiger partial charge in [0.1, 0.15) is 25.9 Å². The van der Waals surface area contributed by atoms with Crippen molar-refractivity contribution < 1.29 is 37.6 Å². The van der Waals surface area contributed by atoms with Crippen molar-refractivity contribution in [3.8, 4) is 0 Å². The molecule has 9 heteroatoms. The Morgan fingerprint density at radius 3 is 1.58 bits per heavy atom. The Kier molecular flexibility index (Phi) is 28.2. The topological polar surface area (TPSA) is 102 Å². The molecular formula is C34H69NO7P+. The molecule has 8 nitrogen and oxygen atoms in total. The number of likely N-dealkylation sites (N-methyl/N-ethyl adjacent to an activating group) is 1. The van der Waals surface area contributed by atoms with E-state index in [1.807, 2.05) is 27.2 Å². The van der Waals surface area contributed by atoms with E-state index in [1.165, 1.54) is 122 Å². The number of aliphatic hydroxyl groups excluding tert-OH is 1. The predicted molar refractivity (Wildman–Crippen MR) is 178 cm³/mol. The smallest absolute Gasteiger partial charge is 0.463 e. The minimum atomic E-state index is -4.25. The second kappa shape index (κ2) is 28.7. The summed E-state index contributed by atoms with van der Waals surface area (Å²) in [5, 5.41) is 9.86. The first kappa shape index (κ1) is 42.2. The Morgan fingerprint density at radius 2 is 1.14 bits per heavy atom. The van der Waals surface area contributed by atoms with Crippen molar-refractivity contribution in [1.82, 2.24) is 0 Å². The van der Waals surface area contributed by atoms with Gasteiger partial charge in [0.05, 0.1) is 34.2 Å². The van der Waals surface area contributed by atoms with E-state index in [0.29, 0.717) is 11.0 Å². The number of phosphoric acid groups is 1. The number of ether oxygens (including phenoxy) is 1. The molecule has 0 amide bonds. The van der Waals surface area contributed by atoms with E-state index in [9.17, 15) is 19.4 Å². The van der Waals surface area contributed by atoms with Crippen LogP contribution in [0.2, 0.25) is 0 Å². The average molecular weight is 635 g/mol. The normalized spacial score (nSPS) is 14.3. The van der Waals surface area contributed by atoms with Gasteiger partial charge in [-0.25, -0.2) is 4.57 Å². The maximum Gasteiger partial charge on any atom is 0.472 e. The summed E-state index contributed by atoms with van der Waals surface area (Å²) >= 11 is 0. The number of carbonyl (C=O) groups is 1. The van der Waals surface area contributed by atoms with Crippen LogP contribution in [0.1, 0.15) is 148 Å². The van der Waals surface area contributed by atoms with Gasteiger partial charge in [-0.15, -0.1) is 0 Å². The summed E-state index contributed by atoms with van der Waals surface area (Å²) < 4.78 is 27.1. The standard InChI is InChI=1S/C34H68NO7P/c1-5-6-7-8-9-10-11-12-13-14-15-16-17-18-19-20-21-22-23-24-25-26-27-28-34(37)40-31-33(36)32-42-43(38,39)41-30-29-35(2,3)4/h26-27,33,36H,5-25,28-32H2,1-4H3/p+1/t33-/m1/s1. The molecule has 0 spiro atoms. The lowest BCUT2D eigenvalue weighted by Crippen LogP contribution is -2.37. The first-order valence-corrected chi connectivity index (χ1v) is 19.0. The lowest BCUT2D eigenvalue weighted by molar-refractivity contribution is -0.870. The molecular weight excluding hydrogens is 565 g/mol. The highest BCUT2D eigenvalue weighted by atomic mass is 31.2. The molecule has 0 aromatic heterocycles. The Labute approximate surface area is 265 Å². The number of rotatable bonds is 32. The van der Waals surface area contributed by atoms with Gasteiger partial charge in [-0.3, -0.25) is 13.8 Å². The summed E-state index contributed by atoms with van der Waals surface area (Å²) in [4.78, 5) is 21.5. The Balaban J connectivity index is 3.46. The summed E-state index contributed by atoms with van der Waals surface area (Å²) in [6.07, 6.45) is 31.2. The van der Waals surface area contributed by atoms with Gasteiger partial charge in [-0.1, -0.05) is 141 Å². The number of allylic oxidation sites excluding steroid dienone is 1. The van der Waals surface area contributed by atoms with Crippen LogP contribution in [0, 0.1) is 0 Å². The lowest BCUT2D eigenvalue weighted by atomic mass is 10.0. The van der Waals surface area contributed by atoms with Crippen LogP contribution in [0.3, 0.4) is 0 Å². The number of nitrogens with zero attached hydrogens (tertiary/aromatic N) is 1. The molecule has 0 radical (unpaired) electrons. The zero-order valence-corrected chi connectivity index (χ0v) is 29.3. The van der Waals surface area contributed by atoms with E-state index in [2.05, 4.69) is 6.92 Å². The van der Waals surface area contributed by atoms with Crippen molar-refractivity contribution in [2.75, 3.05) is 47.5 Å². The molecule has 0 fully saturated rings. The fraction of sp³-hybridized carbons (Fsp3) is 0.912. The molecule has 2 atom stereocenters. The summed E-state index contributed by atoms with van der Waals surface area (Å²) in [6, 6.07) is 0. The molecule has 0 aliphatic heterocycles. The van der Waals surface area contributed by atoms with Crippen molar-refractivity contribution in [1.29, 1.82) is 0 Å². The number of carbonyl (C=O) groups excluding carboxylic acids is 1. The molecule has 0 saturated heterocycles. The van der Waals surface area contributed by atoms with Crippen molar-refractivity contribution in [3.05, 3.63) is 12.2 Å². The maximum atomic E-state index is 11.8. The minimum absolute atomic E-state index is 0.0499. The Hall–Kier alpha value is -0.760. The van der Waals surface area contributed by atoms with Gasteiger partial charge < -0.3 is 19.2 Å². The molecule has 43 heavy (non-hydrogen) atoms. The second-order valence-corrected chi connectivity index (χ2v) is 14.6. The summed E-state index contributed by atoms with van der Waals surface area (Å²) in [5.74, 6) is -0.454. The van der Waals surface area contributed by atoms with Crippen LogP contribution >= 0.6 is 7.82 Å². The van der Waals surface area contributed by atoms with Gasteiger partial charge in [-0.05, 0) is 12.8 Å². The van der Waals surface area contributed by atoms with E-state index in [4.69, 9.17) is 13.8 Å². The number of quaternary nitrogens is 1. The van der Waals surface area contributed by atoms with Gasteiger partial charge in [-0.2, -0.15) is 0 Å². The van der Waals surface area contributed by atoms with Crippen LogP contribution in [0.4, 0.5) is 0 Å². The molecule has 0 saturated carbocycles. The van der Waals surface area contributed by atoms with Gasteiger partial charge in [0.25, 0.3) is 0 Å². The highest BCUT2D eigenvalue weighted by Gasteiger charge is 2.24. The molecule has 0 heterocycles. The van der Waals surface area contributed by atoms with Crippen molar-refractivity contribution >= 4 is 13.8 Å². The van der Waals surface area contributed by atoms with Gasteiger partial charge in [0.2, 0.25) is 0 Å². The van der Waals surface area contributed by atoms with Crippen LogP contribution in [0.25, 0.3) is 0 Å². The lowest BCUT2D eigenvalue weighted by Gasteiger charge is -2.24. The predicted octanol–water partition coefficient (Wildman–Crippen LogP) is 8.89. The third-order valence-corrected chi connectivity index (χ3v) is 8.54. The SMILES string of the molecule is CCCCCCCCCCCCCCCCCCCCCCC=CCC(=O)OC[C@@H](O)COP(=O)(O)OCC[N+](C)(C)C. The van der Waals surface area contributed by atoms with E-state index < -0.39 is 26.5 Å². The summed E-state index contributed by atoms with van der Waals surface area (Å²) in [7, 11) is 1.55. The Morgan fingerprint density at radius 1 is 0.698 bits per heavy atom. The fourth-order valence-corrected chi connectivity index (χ4v) is 5.51. The van der Waals surface area contributed by atoms with Crippen LogP contribution in [-0.2, 0) is 23.1 Å². The van der Waals surface area contributed by atoms with Gasteiger partial charge in [0, 0.05) is 0 Å². The van der Waals surface area contributed by atoms with Crippen LogP contribution in [-0.4, -0.2) is 74.1 Å². The number of phosphoric ester groups is 1. The van der Waals surface area contributed by atoms with Gasteiger partial charge >= 0.3 is 13.8 Å². The molecule has 1 unspecified atom stereocenters. The molecule has 0 aliphatic carbocycles. The molecule has 256 valence electrons. The first-order valence-electron chi connectivity index (χ1n) is 17.5. The van der Waals surface area contributed by atoms with E-state index >= 15 is 0 Å². The Bertz CT molecular complexity index is 711. The quantitative estimate of drug-likeness (QED) is 0.0250. The molecule has 0 bridgehead atoms. The average Bonchev–Trinajstić information content (AvgIpc) is 2.94. The zero-order valence-electron chi connectivity index (χ0n) is 28.4. The molecule has 2 N–H and O–H groups in total. The van der Waals surface area contributed by atoms with Gasteiger partial charge in [0.15, 0.2) is 0 Å². The second-order valence-electron chi connectivity index (χ2n) is 13.1. The highest BCUT2D eigenvalue weighted by molar-refractivity contribution is 7.47. The van der Waals surface area contributed by atoms with Crippen molar-refractivity contribution in [2.45, 2.75) is 154 Å². The number of aliphatic hydroxyl groups is 1. The van der Waals surface area contributed by atoms with Crippen LogP contribution < -0.4 is 0 Å². The van der Waals surface area contributed by atoms with E-state index in [1.54, 1.807) is 6.08 Å². The largest absolute Gasteiger partial charge is 0.472 e. The number of esters is 1. The van der Waals surface area contributed by atoms with Crippen LogP contribution in [0.5, 0.6) is 0 Å². The van der Waals surface area contributed by atoms with E-state index in [0.717, 1.165) is 12.8 Å². The summed E-state index contributed by atoms with van der Waals surface area (Å²) in [5.41, 5.74) is 0. The van der Waals surface area contributed by atoms with E-state index in [-0.39, 0.29) is 19.6 Å². The summed E-state index contributed by atoms with van der Waals surface area (Å²) in [6.45, 7) is 2.10. The number of hydrogen-bond acceptors (Lipinski definition) is 6. The number of unbranched alkanes of at least 4 members (excludes halogenated alkanes) is 20. The third-order valence-electron chi connectivity index (χ3n) is 7.56. The molecule has 0 aromatic carbocycles. The fourth-order valence-electron chi connectivity index (χ4n) is 4.76. The molecule has 0 aromatic rings. The highest BCUT2D eigenvalue weighted by Crippen LogP contribution is 2.43.